The number of carbonyl (C=O) groups is 1. The highest BCUT2D eigenvalue weighted by Gasteiger charge is 2.26. The van der Waals surface area contributed by atoms with E-state index in [-0.39, 0.29) is 17.2 Å². The summed E-state index contributed by atoms with van der Waals surface area (Å²) >= 11 is 0. The molecule has 0 aliphatic carbocycles. The number of carbonyl (C=O) groups excluding carboxylic acids is 1. The van der Waals surface area contributed by atoms with Crippen LogP contribution in [-0.4, -0.2) is 38.0 Å². The second kappa shape index (κ2) is 7.70. The SMILES string of the molecule is C[C@@H](C(=O)NCCCCCN(C)C)C(C)(C)C. The maximum Gasteiger partial charge on any atom is 0.223 e. The number of amides is 1. The van der Waals surface area contributed by atoms with Crippen molar-refractivity contribution in [1.29, 1.82) is 0 Å². The zero-order valence-corrected chi connectivity index (χ0v) is 12.5. The average Bonchev–Trinajstić information content (AvgIpc) is 2.19. The molecular formula is C14H30N2O. The Bertz CT molecular complexity index is 219. The first kappa shape index (κ1) is 16.4. The predicted molar refractivity (Wildman–Crippen MR) is 74.0 cm³/mol. The molecule has 0 heterocycles. The van der Waals surface area contributed by atoms with Crippen LogP contribution in [0, 0.1) is 11.3 Å². The first-order chi connectivity index (χ1) is 7.75. The van der Waals surface area contributed by atoms with Crippen LogP contribution in [0.5, 0.6) is 0 Å². The molecule has 0 rings (SSSR count). The van der Waals surface area contributed by atoms with Crippen LogP contribution in [0.1, 0.15) is 47.0 Å². The molecule has 1 N–H and O–H groups in total. The number of nitrogens with zero attached hydrogens (tertiary/aromatic N) is 1. The minimum atomic E-state index is 0.0506. The Kier molecular flexibility index (Phi) is 7.44. The summed E-state index contributed by atoms with van der Waals surface area (Å²) in [6.45, 7) is 10.3. The fourth-order valence-corrected chi connectivity index (χ4v) is 1.49. The van der Waals surface area contributed by atoms with Crippen molar-refractivity contribution in [3.05, 3.63) is 0 Å². The molecule has 0 saturated heterocycles. The van der Waals surface area contributed by atoms with Crippen molar-refractivity contribution < 1.29 is 4.79 Å². The number of unbranched alkanes of at least 4 members (excludes halogenated alkanes) is 2. The van der Waals surface area contributed by atoms with Gasteiger partial charge in [0.2, 0.25) is 5.91 Å². The lowest BCUT2D eigenvalue weighted by atomic mass is 9.81. The Balaban J connectivity index is 3.59. The van der Waals surface area contributed by atoms with E-state index in [9.17, 15) is 4.79 Å². The van der Waals surface area contributed by atoms with Crippen molar-refractivity contribution in [3.8, 4) is 0 Å². The summed E-state index contributed by atoms with van der Waals surface area (Å²) in [5.41, 5.74) is 0.0506. The Hall–Kier alpha value is -0.570. The van der Waals surface area contributed by atoms with Crippen LogP contribution >= 0.6 is 0 Å². The van der Waals surface area contributed by atoms with Crippen molar-refractivity contribution in [1.82, 2.24) is 10.2 Å². The zero-order valence-electron chi connectivity index (χ0n) is 12.5. The minimum absolute atomic E-state index is 0.0506. The molecule has 1 amide bonds. The van der Waals surface area contributed by atoms with E-state index < -0.39 is 0 Å². The van der Waals surface area contributed by atoms with E-state index in [0.717, 1.165) is 19.5 Å². The molecule has 17 heavy (non-hydrogen) atoms. The highest BCUT2D eigenvalue weighted by molar-refractivity contribution is 5.78. The van der Waals surface area contributed by atoms with Crippen LogP contribution in [0.15, 0.2) is 0 Å². The number of hydrogen-bond donors (Lipinski definition) is 1. The molecule has 3 nitrogen and oxygen atoms in total. The van der Waals surface area contributed by atoms with Gasteiger partial charge in [-0.3, -0.25) is 4.79 Å². The fourth-order valence-electron chi connectivity index (χ4n) is 1.49. The van der Waals surface area contributed by atoms with Gasteiger partial charge in [0.15, 0.2) is 0 Å². The highest BCUT2D eigenvalue weighted by atomic mass is 16.1. The van der Waals surface area contributed by atoms with E-state index in [1.54, 1.807) is 0 Å². The van der Waals surface area contributed by atoms with Gasteiger partial charge in [0.25, 0.3) is 0 Å². The van der Waals surface area contributed by atoms with Crippen LogP contribution in [-0.2, 0) is 4.79 Å². The average molecular weight is 242 g/mol. The molecular weight excluding hydrogens is 212 g/mol. The third kappa shape index (κ3) is 8.19. The van der Waals surface area contributed by atoms with E-state index in [2.05, 4.69) is 45.1 Å². The second-order valence-corrected chi connectivity index (χ2v) is 6.24. The molecule has 0 aromatic heterocycles. The third-order valence-electron chi connectivity index (χ3n) is 3.27. The molecule has 0 saturated carbocycles. The minimum Gasteiger partial charge on any atom is -0.356 e. The van der Waals surface area contributed by atoms with Crippen LogP contribution in [0.2, 0.25) is 0 Å². The predicted octanol–water partition coefficient (Wildman–Crippen LogP) is 2.52. The molecule has 0 radical (unpaired) electrons. The maximum atomic E-state index is 11.8. The third-order valence-corrected chi connectivity index (χ3v) is 3.27. The van der Waals surface area contributed by atoms with E-state index in [1.807, 2.05) is 6.92 Å². The molecule has 102 valence electrons. The molecule has 0 spiro atoms. The smallest absolute Gasteiger partial charge is 0.223 e. The summed E-state index contributed by atoms with van der Waals surface area (Å²) in [7, 11) is 4.18. The van der Waals surface area contributed by atoms with Gasteiger partial charge in [-0.1, -0.05) is 34.1 Å². The van der Waals surface area contributed by atoms with Gasteiger partial charge in [0.1, 0.15) is 0 Å². The fraction of sp³-hybridized carbons (Fsp3) is 0.929. The standard InChI is InChI=1S/C14H30N2O/c1-12(14(2,3)4)13(17)15-10-8-7-9-11-16(5)6/h12H,7-11H2,1-6H3,(H,15,17)/t12-/m0/s1. The summed E-state index contributed by atoms with van der Waals surface area (Å²) in [6, 6.07) is 0. The first-order valence-electron chi connectivity index (χ1n) is 6.67. The molecule has 0 aliphatic rings. The topological polar surface area (TPSA) is 32.3 Å². The molecule has 0 unspecified atom stereocenters. The zero-order chi connectivity index (χ0) is 13.5. The molecule has 0 fully saturated rings. The number of rotatable bonds is 7. The monoisotopic (exact) mass is 242 g/mol. The van der Waals surface area contributed by atoms with Gasteiger partial charge in [-0.05, 0) is 38.9 Å². The molecule has 0 aliphatic heterocycles. The van der Waals surface area contributed by atoms with Crippen molar-refractivity contribution in [2.75, 3.05) is 27.2 Å². The maximum absolute atomic E-state index is 11.8. The van der Waals surface area contributed by atoms with Gasteiger partial charge in [0, 0.05) is 12.5 Å². The quantitative estimate of drug-likeness (QED) is 0.696. The summed E-state index contributed by atoms with van der Waals surface area (Å²) in [5.74, 6) is 0.259. The summed E-state index contributed by atoms with van der Waals surface area (Å²) in [6.07, 6.45) is 3.47. The van der Waals surface area contributed by atoms with Crippen molar-refractivity contribution in [2.24, 2.45) is 11.3 Å². The van der Waals surface area contributed by atoms with Gasteiger partial charge in [0.05, 0.1) is 0 Å². The first-order valence-corrected chi connectivity index (χ1v) is 6.67. The van der Waals surface area contributed by atoms with Crippen LogP contribution in [0.4, 0.5) is 0 Å². The summed E-state index contributed by atoms with van der Waals surface area (Å²) < 4.78 is 0. The van der Waals surface area contributed by atoms with Gasteiger partial charge < -0.3 is 10.2 Å². The molecule has 0 aromatic carbocycles. The Labute approximate surface area is 107 Å². The Morgan fingerprint density at radius 3 is 2.24 bits per heavy atom. The lowest BCUT2D eigenvalue weighted by Crippen LogP contribution is -2.36. The molecule has 0 aromatic rings. The number of nitrogens with one attached hydrogen (secondary N) is 1. The lowest BCUT2D eigenvalue weighted by molar-refractivity contribution is -0.127. The molecule has 1 atom stereocenters. The molecule has 3 heteroatoms. The highest BCUT2D eigenvalue weighted by Crippen LogP contribution is 2.25. The lowest BCUT2D eigenvalue weighted by Gasteiger charge is -2.26. The summed E-state index contributed by atoms with van der Waals surface area (Å²) in [4.78, 5) is 14.0. The van der Waals surface area contributed by atoms with Gasteiger partial charge in [-0.2, -0.15) is 0 Å². The Morgan fingerprint density at radius 2 is 1.76 bits per heavy atom. The van der Waals surface area contributed by atoms with Crippen LogP contribution in [0.25, 0.3) is 0 Å². The van der Waals surface area contributed by atoms with Gasteiger partial charge >= 0.3 is 0 Å². The second-order valence-electron chi connectivity index (χ2n) is 6.24. The van der Waals surface area contributed by atoms with E-state index in [1.165, 1.54) is 12.8 Å². The Morgan fingerprint density at radius 1 is 1.18 bits per heavy atom. The van der Waals surface area contributed by atoms with Crippen molar-refractivity contribution in [2.45, 2.75) is 47.0 Å². The van der Waals surface area contributed by atoms with Gasteiger partial charge in [-0.25, -0.2) is 0 Å². The number of hydrogen-bond acceptors (Lipinski definition) is 2. The van der Waals surface area contributed by atoms with Crippen molar-refractivity contribution in [3.63, 3.8) is 0 Å². The van der Waals surface area contributed by atoms with E-state index >= 15 is 0 Å². The van der Waals surface area contributed by atoms with Crippen molar-refractivity contribution >= 4 is 5.91 Å². The normalized spacial score (nSPS) is 13.8. The largest absolute Gasteiger partial charge is 0.356 e. The van der Waals surface area contributed by atoms with Crippen LogP contribution in [0.3, 0.4) is 0 Å². The van der Waals surface area contributed by atoms with E-state index in [4.69, 9.17) is 0 Å². The van der Waals surface area contributed by atoms with Gasteiger partial charge in [-0.15, -0.1) is 0 Å². The summed E-state index contributed by atoms with van der Waals surface area (Å²) in [5, 5.41) is 3.02. The van der Waals surface area contributed by atoms with Crippen LogP contribution < -0.4 is 5.32 Å². The molecule has 0 bridgehead atoms. The van der Waals surface area contributed by atoms with E-state index in [0.29, 0.717) is 0 Å².